The molecule has 0 radical (unpaired) electrons. The molecule has 3 aromatic heterocycles. The highest BCUT2D eigenvalue weighted by molar-refractivity contribution is 6.33. The molecule has 148 valence electrons. The first-order valence-corrected chi connectivity index (χ1v) is 9.62. The topological polar surface area (TPSA) is 91.6 Å². The molecule has 0 aliphatic rings. The second-order valence-corrected chi connectivity index (χ2v) is 7.70. The first-order valence-electron chi connectivity index (χ1n) is 8.86. The standard InChI is InChI=1S/C19H22Cl2N6O/c1-10(2)6-5-7-26-15-16(21)24-18(22)25-17(15)27(19(26)28)9-13-12(4)14(20)11(3)8-23-13/h6,8H,5,7,9H2,1-4H3,(H2,22,24,25). The molecule has 9 heteroatoms. The van der Waals surface area contributed by atoms with Gasteiger partial charge in [0.2, 0.25) is 5.95 Å². The number of hydrogen-bond acceptors (Lipinski definition) is 5. The van der Waals surface area contributed by atoms with E-state index in [1.54, 1.807) is 10.8 Å². The molecule has 3 heterocycles. The quantitative estimate of drug-likeness (QED) is 0.498. The monoisotopic (exact) mass is 420 g/mol. The van der Waals surface area contributed by atoms with Gasteiger partial charge >= 0.3 is 5.69 Å². The number of rotatable bonds is 5. The van der Waals surface area contributed by atoms with E-state index < -0.39 is 0 Å². The Morgan fingerprint density at radius 2 is 1.93 bits per heavy atom. The van der Waals surface area contributed by atoms with Crippen LogP contribution in [0.15, 0.2) is 22.6 Å². The van der Waals surface area contributed by atoms with Crippen LogP contribution < -0.4 is 11.4 Å². The molecule has 0 fully saturated rings. The maximum absolute atomic E-state index is 13.2. The molecule has 0 saturated heterocycles. The van der Waals surface area contributed by atoms with Gasteiger partial charge in [0.15, 0.2) is 10.8 Å². The molecule has 0 bridgehead atoms. The molecular formula is C19H22Cl2N6O. The molecule has 0 aromatic carbocycles. The first-order chi connectivity index (χ1) is 13.2. The van der Waals surface area contributed by atoms with Crippen molar-refractivity contribution in [1.82, 2.24) is 24.1 Å². The molecule has 2 N–H and O–H groups in total. The number of nitrogens with two attached hydrogens (primary N) is 1. The summed E-state index contributed by atoms with van der Waals surface area (Å²) in [6, 6.07) is 0. The van der Waals surface area contributed by atoms with E-state index in [4.69, 9.17) is 28.9 Å². The van der Waals surface area contributed by atoms with Gasteiger partial charge in [-0.25, -0.2) is 4.79 Å². The zero-order valence-corrected chi connectivity index (χ0v) is 17.8. The van der Waals surface area contributed by atoms with Crippen molar-refractivity contribution >= 4 is 40.3 Å². The minimum absolute atomic E-state index is 0.0133. The smallest absolute Gasteiger partial charge is 0.330 e. The number of anilines is 1. The molecule has 0 aliphatic heterocycles. The number of aryl methyl sites for hydroxylation is 2. The van der Waals surface area contributed by atoms with Crippen molar-refractivity contribution in [1.29, 1.82) is 0 Å². The SMILES string of the molecule is CC(C)=CCCn1c(=O)n(Cc2ncc(C)c(Cl)c2C)c2nc(N)nc(Cl)c21. The third-order valence-electron chi connectivity index (χ3n) is 4.56. The van der Waals surface area contributed by atoms with Crippen LogP contribution in [-0.2, 0) is 13.1 Å². The van der Waals surface area contributed by atoms with Gasteiger partial charge in [-0.05, 0) is 45.2 Å². The molecule has 3 rings (SSSR count). The molecule has 0 atom stereocenters. The molecule has 0 aliphatic carbocycles. The van der Waals surface area contributed by atoms with Crippen LogP contribution >= 0.6 is 23.2 Å². The number of halogens is 2. The van der Waals surface area contributed by atoms with Gasteiger partial charge in [-0.3, -0.25) is 14.1 Å². The van der Waals surface area contributed by atoms with Crippen molar-refractivity contribution in [3.8, 4) is 0 Å². The number of nitrogen functional groups attached to an aromatic ring is 1. The van der Waals surface area contributed by atoms with Crippen LogP contribution in [0.25, 0.3) is 11.2 Å². The lowest BCUT2D eigenvalue weighted by atomic mass is 10.1. The fraction of sp³-hybridized carbons (Fsp3) is 0.368. The lowest BCUT2D eigenvalue weighted by molar-refractivity contribution is 0.649. The largest absolute Gasteiger partial charge is 0.368 e. The Bertz CT molecular complexity index is 1140. The Labute approximate surface area is 172 Å². The average molecular weight is 421 g/mol. The summed E-state index contributed by atoms with van der Waals surface area (Å²) in [6.07, 6.45) is 4.45. The number of imidazole rings is 1. The minimum Gasteiger partial charge on any atom is -0.368 e. The third-order valence-corrected chi connectivity index (χ3v) is 5.41. The van der Waals surface area contributed by atoms with Crippen LogP contribution in [0.4, 0.5) is 5.95 Å². The van der Waals surface area contributed by atoms with Crippen LogP contribution in [0.5, 0.6) is 0 Å². The summed E-state index contributed by atoms with van der Waals surface area (Å²) in [5.74, 6) is 0.0133. The van der Waals surface area contributed by atoms with E-state index >= 15 is 0 Å². The highest BCUT2D eigenvalue weighted by Crippen LogP contribution is 2.24. The second-order valence-electron chi connectivity index (χ2n) is 6.96. The van der Waals surface area contributed by atoms with Gasteiger partial charge in [0.05, 0.1) is 12.2 Å². The Morgan fingerprint density at radius 3 is 2.61 bits per heavy atom. The van der Waals surface area contributed by atoms with E-state index in [9.17, 15) is 4.79 Å². The summed E-state index contributed by atoms with van der Waals surface area (Å²) in [6.45, 7) is 8.47. The van der Waals surface area contributed by atoms with E-state index in [1.807, 2.05) is 27.7 Å². The van der Waals surface area contributed by atoms with E-state index in [1.165, 1.54) is 10.1 Å². The van der Waals surface area contributed by atoms with Gasteiger partial charge in [0.1, 0.15) is 5.52 Å². The highest BCUT2D eigenvalue weighted by Gasteiger charge is 2.20. The first kappa shape index (κ1) is 20.4. The summed E-state index contributed by atoms with van der Waals surface area (Å²) in [5.41, 5.74) is 9.98. The van der Waals surface area contributed by atoms with Crippen molar-refractivity contribution in [2.24, 2.45) is 0 Å². The zero-order chi connectivity index (χ0) is 20.6. The number of aromatic nitrogens is 5. The Hall–Kier alpha value is -2.38. The molecule has 0 saturated carbocycles. The molecule has 0 amide bonds. The van der Waals surface area contributed by atoms with E-state index in [0.717, 1.165) is 11.1 Å². The Balaban J connectivity index is 2.17. The van der Waals surface area contributed by atoms with Crippen molar-refractivity contribution in [3.63, 3.8) is 0 Å². The average Bonchev–Trinajstić information content (AvgIpc) is 2.87. The second kappa shape index (κ2) is 7.93. The van der Waals surface area contributed by atoms with Crippen LogP contribution in [0.1, 0.15) is 37.1 Å². The van der Waals surface area contributed by atoms with E-state index in [-0.39, 0.29) is 23.3 Å². The summed E-state index contributed by atoms with van der Waals surface area (Å²) in [5, 5.41) is 0.791. The van der Waals surface area contributed by atoms with Crippen molar-refractivity contribution < 1.29 is 0 Å². The molecule has 28 heavy (non-hydrogen) atoms. The maximum atomic E-state index is 13.2. The fourth-order valence-corrected chi connectivity index (χ4v) is 3.51. The van der Waals surface area contributed by atoms with Crippen molar-refractivity contribution in [2.45, 2.75) is 47.2 Å². The number of allylic oxidation sites excluding steroid dienone is 2. The number of hydrogen-bond donors (Lipinski definition) is 1. The number of pyridine rings is 1. The number of fused-ring (bicyclic) bond motifs is 1. The maximum Gasteiger partial charge on any atom is 0.330 e. The Morgan fingerprint density at radius 1 is 1.21 bits per heavy atom. The summed E-state index contributed by atoms with van der Waals surface area (Å²) < 4.78 is 3.10. The lowest BCUT2D eigenvalue weighted by Crippen LogP contribution is -2.25. The van der Waals surface area contributed by atoms with Gasteiger partial charge in [0, 0.05) is 17.8 Å². The van der Waals surface area contributed by atoms with E-state index in [0.29, 0.717) is 34.8 Å². The lowest BCUT2D eigenvalue weighted by Gasteiger charge is -2.09. The normalized spacial score (nSPS) is 11.2. The van der Waals surface area contributed by atoms with Crippen LogP contribution in [-0.4, -0.2) is 24.1 Å². The van der Waals surface area contributed by atoms with Gasteiger partial charge < -0.3 is 5.73 Å². The van der Waals surface area contributed by atoms with Gasteiger partial charge in [0.25, 0.3) is 0 Å². The molecule has 0 unspecified atom stereocenters. The summed E-state index contributed by atoms with van der Waals surface area (Å²) in [4.78, 5) is 25.9. The minimum atomic E-state index is -0.239. The Kier molecular flexibility index (Phi) is 5.76. The van der Waals surface area contributed by atoms with Crippen LogP contribution in [0.2, 0.25) is 10.2 Å². The molecule has 3 aromatic rings. The molecule has 0 spiro atoms. The third kappa shape index (κ3) is 3.77. The number of nitrogens with zero attached hydrogens (tertiary/aromatic N) is 5. The van der Waals surface area contributed by atoms with Crippen molar-refractivity contribution in [3.05, 3.63) is 55.3 Å². The fourth-order valence-electron chi connectivity index (χ4n) is 3.08. The van der Waals surface area contributed by atoms with Gasteiger partial charge in [-0.15, -0.1) is 0 Å². The molecule has 7 nitrogen and oxygen atoms in total. The predicted octanol–water partition coefficient (Wildman–Crippen LogP) is 3.90. The highest BCUT2D eigenvalue weighted by atomic mass is 35.5. The molecular weight excluding hydrogens is 399 g/mol. The summed E-state index contributed by atoms with van der Waals surface area (Å²) >= 11 is 12.7. The predicted molar refractivity (Wildman–Crippen MR) is 113 cm³/mol. The zero-order valence-electron chi connectivity index (χ0n) is 16.3. The van der Waals surface area contributed by atoms with Crippen LogP contribution in [0.3, 0.4) is 0 Å². The van der Waals surface area contributed by atoms with E-state index in [2.05, 4.69) is 21.0 Å². The van der Waals surface area contributed by atoms with Crippen LogP contribution in [0, 0.1) is 13.8 Å². The summed E-state index contributed by atoms with van der Waals surface area (Å²) in [7, 11) is 0. The van der Waals surface area contributed by atoms with Gasteiger partial charge in [-0.2, -0.15) is 9.97 Å². The van der Waals surface area contributed by atoms with Gasteiger partial charge in [-0.1, -0.05) is 34.9 Å². The van der Waals surface area contributed by atoms with Crippen molar-refractivity contribution in [2.75, 3.05) is 5.73 Å².